The van der Waals surface area contributed by atoms with Crippen molar-refractivity contribution in [3.8, 4) is 6.07 Å². The van der Waals surface area contributed by atoms with Gasteiger partial charge in [0.2, 0.25) is 0 Å². The Labute approximate surface area is 96.1 Å². The molecule has 0 radical (unpaired) electrons. The molecule has 84 valence electrons. The van der Waals surface area contributed by atoms with Gasteiger partial charge in [0.05, 0.1) is 0 Å². The summed E-state index contributed by atoms with van der Waals surface area (Å²) in [5, 5.41) is 10.9. The second-order valence-electron chi connectivity index (χ2n) is 3.99. The number of aryl methyl sites for hydroxylation is 3. The fourth-order valence-corrected chi connectivity index (χ4v) is 1.94. The summed E-state index contributed by atoms with van der Waals surface area (Å²) in [4.78, 5) is 10.8. The second kappa shape index (κ2) is 5.32. The fourth-order valence-electron chi connectivity index (χ4n) is 1.94. The molecule has 0 spiro atoms. The van der Waals surface area contributed by atoms with Gasteiger partial charge in [0, 0.05) is 6.54 Å². The van der Waals surface area contributed by atoms with Crippen LogP contribution < -0.4 is 5.32 Å². The summed E-state index contributed by atoms with van der Waals surface area (Å²) in [6, 6.07) is 5.81. The minimum atomic E-state index is -0.567. The van der Waals surface area contributed by atoms with E-state index in [2.05, 4.69) is 38.2 Å². The highest BCUT2D eigenvalue weighted by atomic mass is 16.1. The van der Waals surface area contributed by atoms with Gasteiger partial charge in [-0.3, -0.25) is 4.79 Å². The lowest BCUT2D eigenvalue weighted by molar-refractivity contribution is -0.115. The molecule has 0 atom stereocenters. The first-order valence-corrected chi connectivity index (χ1v) is 5.29. The van der Waals surface area contributed by atoms with Crippen LogP contribution in [-0.4, -0.2) is 12.5 Å². The molecule has 0 saturated heterocycles. The van der Waals surface area contributed by atoms with Crippen molar-refractivity contribution in [2.24, 2.45) is 0 Å². The number of rotatable bonds is 3. The van der Waals surface area contributed by atoms with Gasteiger partial charge in [0.25, 0.3) is 0 Å². The quantitative estimate of drug-likeness (QED) is 0.783. The van der Waals surface area contributed by atoms with Crippen molar-refractivity contribution in [2.45, 2.75) is 27.2 Å². The van der Waals surface area contributed by atoms with E-state index in [0.29, 0.717) is 6.54 Å². The lowest BCUT2D eigenvalue weighted by Crippen LogP contribution is -2.24. The van der Waals surface area contributed by atoms with Crippen molar-refractivity contribution in [3.05, 3.63) is 34.4 Å². The Kier molecular flexibility index (Phi) is 4.07. The zero-order valence-electron chi connectivity index (χ0n) is 9.92. The van der Waals surface area contributed by atoms with Gasteiger partial charge < -0.3 is 5.32 Å². The third-order valence-electron chi connectivity index (χ3n) is 2.60. The van der Waals surface area contributed by atoms with Crippen LogP contribution in [0.4, 0.5) is 0 Å². The molecule has 0 saturated carbocycles. The Balaban J connectivity index is 2.68. The van der Waals surface area contributed by atoms with Crippen LogP contribution in [0, 0.1) is 32.1 Å². The van der Waals surface area contributed by atoms with Crippen molar-refractivity contribution in [1.29, 1.82) is 5.26 Å². The van der Waals surface area contributed by atoms with Crippen molar-refractivity contribution in [1.82, 2.24) is 5.32 Å². The SMILES string of the molecule is Cc1cc(C)c(CCNC(=O)C#N)c(C)c1. The van der Waals surface area contributed by atoms with Crippen LogP contribution in [0.3, 0.4) is 0 Å². The third-order valence-corrected chi connectivity index (χ3v) is 2.60. The number of carbonyl (C=O) groups is 1. The van der Waals surface area contributed by atoms with Crippen LogP contribution in [0.5, 0.6) is 0 Å². The molecule has 1 aromatic rings. The Bertz CT molecular complexity index is 421. The summed E-state index contributed by atoms with van der Waals surface area (Å²) in [5.74, 6) is -0.567. The number of carbonyl (C=O) groups excluding carboxylic acids is 1. The number of nitrogens with zero attached hydrogens (tertiary/aromatic N) is 1. The van der Waals surface area contributed by atoms with Gasteiger partial charge in [-0.25, -0.2) is 0 Å². The summed E-state index contributed by atoms with van der Waals surface area (Å²) in [7, 11) is 0. The lowest BCUT2D eigenvalue weighted by atomic mass is 9.97. The molecule has 1 aromatic carbocycles. The number of hydrogen-bond donors (Lipinski definition) is 1. The van der Waals surface area contributed by atoms with Gasteiger partial charge in [0.15, 0.2) is 6.07 Å². The maximum Gasteiger partial charge on any atom is 0.322 e. The molecule has 0 heterocycles. The third kappa shape index (κ3) is 3.09. The molecule has 1 rings (SSSR count). The summed E-state index contributed by atoms with van der Waals surface area (Å²) in [5.41, 5.74) is 4.98. The van der Waals surface area contributed by atoms with Crippen molar-refractivity contribution < 1.29 is 4.79 Å². The summed E-state index contributed by atoms with van der Waals surface area (Å²) >= 11 is 0. The first kappa shape index (κ1) is 12.3. The van der Waals surface area contributed by atoms with Crippen molar-refractivity contribution >= 4 is 5.91 Å². The molecule has 1 N–H and O–H groups in total. The molecule has 0 aliphatic heterocycles. The molecule has 3 nitrogen and oxygen atoms in total. The van der Waals surface area contributed by atoms with E-state index in [1.54, 1.807) is 0 Å². The smallest absolute Gasteiger partial charge is 0.322 e. The predicted octanol–water partition coefficient (Wildman–Crippen LogP) is 1.79. The minimum Gasteiger partial charge on any atom is -0.343 e. The van der Waals surface area contributed by atoms with Crippen molar-refractivity contribution in [2.75, 3.05) is 6.54 Å². The van der Waals surface area contributed by atoms with Crippen LogP contribution in [0.2, 0.25) is 0 Å². The lowest BCUT2D eigenvalue weighted by Gasteiger charge is -2.11. The van der Waals surface area contributed by atoms with Gasteiger partial charge in [-0.2, -0.15) is 5.26 Å². The maximum absolute atomic E-state index is 10.8. The molecule has 0 fully saturated rings. The monoisotopic (exact) mass is 216 g/mol. The van der Waals surface area contributed by atoms with E-state index < -0.39 is 5.91 Å². The maximum atomic E-state index is 10.8. The zero-order valence-corrected chi connectivity index (χ0v) is 9.92. The highest BCUT2D eigenvalue weighted by Gasteiger charge is 2.04. The minimum absolute atomic E-state index is 0.511. The largest absolute Gasteiger partial charge is 0.343 e. The van der Waals surface area contributed by atoms with Crippen LogP contribution in [0.15, 0.2) is 12.1 Å². The fraction of sp³-hybridized carbons (Fsp3) is 0.385. The average Bonchev–Trinajstić information content (AvgIpc) is 2.21. The molecular formula is C13H16N2O. The van der Waals surface area contributed by atoms with E-state index in [9.17, 15) is 4.79 Å². The Morgan fingerprint density at radius 2 is 1.88 bits per heavy atom. The molecule has 0 unspecified atom stereocenters. The Morgan fingerprint density at radius 1 is 1.31 bits per heavy atom. The molecule has 16 heavy (non-hydrogen) atoms. The molecule has 0 aromatic heterocycles. The molecule has 0 bridgehead atoms. The zero-order chi connectivity index (χ0) is 12.1. The Hall–Kier alpha value is -1.82. The number of nitriles is 1. The van der Waals surface area contributed by atoms with E-state index >= 15 is 0 Å². The number of amides is 1. The van der Waals surface area contributed by atoms with Gasteiger partial charge >= 0.3 is 5.91 Å². The summed E-state index contributed by atoms with van der Waals surface area (Å²) in [6.45, 7) is 6.72. The summed E-state index contributed by atoms with van der Waals surface area (Å²) < 4.78 is 0. The standard InChI is InChI=1S/C13H16N2O/c1-9-6-10(2)12(11(3)7-9)4-5-15-13(16)8-14/h6-7H,4-5H2,1-3H3,(H,15,16). The van der Waals surface area contributed by atoms with E-state index in [-0.39, 0.29) is 0 Å². The molecule has 0 aliphatic rings. The molecule has 0 aliphatic carbocycles. The van der Waals surface area contributed by atoms with Crippen LogP contribution in [0.25, 0.3) is 0 Å². The van der Waals surface area contributed by atoms with Crippen LogP contribution in [0.1, 0.15) is 22.3 Å². The first-order valence-electron chi connectivity index (χ1n) is 5.29. The van der Waals surface area contributed by atoms with Gasteiger partial charge in [-0.15, -0.1) is 0 Å². The second-order valence-corrected chi connectivity index (χ2v) is 3.99. The first-order chi connectivity index (χ1) is 7.54. The van der Waals surface area contributed by atoms with Crippen LogP contribution in [-0.2, 0) is 11.2 Å². The normalized spacial score (nSPS) is 9.62. The summed E-state index contributed by atoms with van der Waals surface area (Å²) in [6.07, 6.45) is 0.769. The van der Waals surface area contributed by atoms with E-state index in [4.69, 9.17) is 5.26 Å². The highest BCUT2D eigenvalue weighted by Crippen LogP contribution is 2.16. The topological polar surface area (TPSA) is 52.9 Å². The van der Waals surface area contributed by atoms with Crippen LogP contribution >= 0.6 is 0 Å². The van der Waals surface area contributed by atoms with Crippen molar-refractivity contribution in [3.63, 3.8) is 0 Å². The van der Waals surface area contributed by atoms with E-state index in [0.717, 1.165) is 6.42 Å². The molecule has 1 amide bonds. The average molecular weight is 216 g/mol. The van der Waals surface area contributed by atoms with E-state index in [1.165, 1.54) is 28.3 Å². The van der Waals surface area contributed by atoms with Gasteiger partial charge in [-0.1, -0.05) is 17.7 Å². The number of benzene rings is 1. The molecule has 3 heteroatoms. The predicted molar refractivity (Wildman–Crippen MR) is 63.0 cm³/mol. The van der Waals surface area contributed by atoms with E-state index in [1.807, 2.05) is 0 Å². The Morgan fingerprint density at radius 3 is 2.38 bits per heavy atom. The van der Waals surface area contributed by atoms with Gasteiger partial charge in [0.1, 0.15) is 0 Å². The molecular weight excluding hydrogens is 200 g/mol. The number of hydrogen-bond acceptors (Lipinski definition) is 2. The highest BCUT2D eigenvalue weighted by molar-refractivity contribution is 5.91. The van der Waals surface area contributed by atoms with Gasteiger partial charge in [-0.05, 0) is 43.9 Å². The number of nitrogens with one attached hydrogen (secondary N) is 1.